The van der Waals surface area contributed by atoms with Gasteiger partial charge >= 0.3 is 5.97 Å². The highest BCUT2D eigenvalue weighted by atomic mass is 16.6. The largest absolute Gasteiger partial charge is 0.491 e. The Morgan fingerprint density at radius 3 is 2.37 bits per heavy atom. The molecule has 2 fully saturated rings. The van der Waals surface area contributed by atoms with Crippen molar-refractivity contribution >= 4 is 34.5 Å². The number of carbonyl (C=O) groups excluding carboxylic acids is 3. The van der Waals surface area contributed by atoms with Crippen LogP contribution >= 0.6 is 0 Å². The van der Waals surface area contributed by atoms with E-state index in [4.69, 9.17) is 14.5 Å². The Morgan fingerprint density at radius 1 is 0.871 bits per heavy atom. The maximum absolute atomic E-state index is 15.5. The highest BCUT2D eigenvalue weighted by Gasteiger charge is 2.74. The number of H-pyrrole nitrogens is 1. The zero-order valence-corrected chi connectivity index (χ0v) is 33.9. The smallest absolute Gasteiger partial charge is 0.324 e. The minimum absolute atomic E-state index is 0.0211. The lowest BCUT2D eigenvalue weighted by Crippen LogP contribution is -2.54. The van der Waals surface area contributed by atoms with Crippen LogP contribution in [0.15, 0.2) is 139 Å². The summed E-state index contributed by atoms with van der Waals surface area (Å²) in [5.74, 6) is 5.00. The zero-order valence-electron chi connectivity index (χ0n) is 33.9. The zero-order chi connectivity index (χ0) is 42.2. The molecule has 1 spiro atoms. The van der Waals surface area contributed by atoms with Crippen LogP contribution in [0.3, 0.4) is 0 Å². The highest BCUT2D eigenvalue weighted by molar-refractivity contribution is 6.12. The number of morpholine rings is 1. The Morgan fingerprint density at radius 2 is 1.63 bits per heavy atom. The number of hydrogen-bond donors (Lipinski definition) is 4. The van der Waals surface area contributed by atoms with E-state index in [2.05, 4.69) is 38.4 Å². The first-order valence-electron chi connectivity index (χ1n) is 21.2. The fraction of sp³-hybridized carbons (Fsp3) is 0.255. The molecule has 11 heteroatoms. The maximum Gasteiger partial charge on any atom is 0.324 e. The fourth-order valence-electron chi connectivity index (χ4n) is 10.1. The summed E-state index contributed by atoms with van der Waals surface area (Å²) in [7, 11) is 0. The van der Waals surface area contributed by atoms with Crippen molar-refractivity contribution in [2.24, 2.45) is 5.92 Å². The van der Waals surface area contributed by atoms with Gasteiger partial charge in [-0.15, -0.1) is 0 Å². The summed E-state index contributed by atoms with van der Waals surface area (Å²) >= 11 is 0. The van der Waals surface area contributed by atoms with Gasteiger partial charge in [0.2, 0.25) is 11.8 Å². The van der Waals surface area contributed by atoms with Gasteiger partial charge in [-0.3, -0.25) is 19.3 Å². The molecule has 3 aliphatic heterocycles. The first-order chi connectivity index (χ1) is 30.4. The molecule has 0 saturated carbocycles. The standard InChI is InChI=1S/C51H45N5O6/c57-28-29-61-37-25-23-36(24-26-37)47-51(38-30-33(22-27-39(38)55-50(51)60)21-20-32-12-4-1-5-13-32)43(48(58)52-31-42-53-40-18-10-11-19-41(40)54-42)45-49(59)62-46(35-16-8-3-9-17-35)44(56(45)47)34-14-6-2-7-15-34/h2-3,6-12,14-19,22-27,30,43-47,57H,1,4-5,13,28-29,31H2,(H,52,58)(H,53,54)(H,55,60). The first-order valence-corrected chi connectivity index (χ1v) is 21.2. The molecule has 2 amide bonds. The molecule has 10 rings (SSSR count). The number of amides is 2. The number of aromatic amines is 1. The maximum atomic E-state index is 15.5. The lowest BCUT2D eigenvalue weighted by Gasteiger charge is -2.46. The number of nitrogens with zero attached hydrogens (tertiary/aromatic N) is 2. The highest BCUT2D eigenvalue weighted by Crippen LogP contribution is 2.64. The molecule has 4 heterocycles. The minimum Gasteiger partial charge on any atom is -0.491 e. The second-order valence-electron chi connectivity index (χ2n) is 16.3. The van der Waals surface area contributed by atoms with Crippen molar-refractivity contribution in [3.8, 4) is 17.6 Å². The van der Waals surface area contributed by atoms with Gasteiger partial charge in [-0.05, 0) is 96.0 Å². The van der Waals surface area contributed by atoms with E-state index in [1.165, 1.54) is 0 Å². The Hall–Kier alpha value is -7.00. The third-order valence-electron chi connectivity index (χ3n) is 12.7. The molecule has 6 atom stereocenters. The molecule has 0 radical (unpaired) electrons. The number of rotatable bonds is 9. The lowest BCUT2D eigenvalue weighted by molar-refractivity contribution is -0.178. The molecule has 1 aromatic heterocycles. The number of nitrogens with one attached hydrogen (secondary N) is 3. The average Bonchev–Trinajstić information content (AvgIpc) is 3.97. The molecule has 4 aliphatic rings. The Labute approximate surface area is 359 Å². The fourth-order valence-corrected chi connectivity index (χ4v) is 10.1. The molecule has 11 nitrogen and oxygen atoms in total. The Balaban J connectivity index is 1.19. The number of para-hydroxylation sites is 2. The summed E-state index contributed by atoms with van der Waals surface area (Å²) in [6, 6.07) is 37.3. The van der Waals surface area contributed by atoms with Gasteiger partial charge in [-0.2, -0.15) is 0 Å². The number of ether oxygens (including phenoxy) is 2. The van der Waals surface area contributed by atoms with Crippen LogP contribution in [0.4, 0.5) is 5.69 Å². The second-order valence-corrected chi connectivity index (χ2v) is 16.3. The minimum atomic E-state index is -1.68. The number of allylic oxidation sites excluding steroid dienone is 2. The van der Waals surface area contributed by atoms with Crippen LogP contribution in [-0.4, -0.2) is 57.0 Å². The number of aromatic nitrogens is 2. The van der Waals surface area contributed by atoms with Crippen LogP contribution in [0.5, 0.6) is 5.75 Å². The Bertz CT molecular complexity index is 2720. The third kappa shape index (κ3) is 6.82. The van der Waals surface area contributed by atoms with Gasteiger partial charge in [0.15, 0.2) is 0 Å². The molecular weight excluding hydrogens is 779 g/mol. The number of carbonyl (C=O) groups is 3. The monoisotopic (exact) mass is 823 g/mol. The summed E-state index contributed by atoms with van der Waals surface area (Å²) in [4.78, 5) is 56.2. The van der Waals surface area contributed by atoms with Crippen LogP contribution in [0.2, 0.25) is 0 Å². The molecule has 0 bridgehead atoms. The van der Waals surface area contributed by atoms with E-state index < -0.39 is 53.3 Å². The number of imidazole rings is 1. The Kier molecular flexibility index (Phi) is 10.4. The molecule has 6 aromatic rings. The van der Waals surface area contributed by atoms with Gasteiger partial charge in [-0.25, -0.2) is 4.98 Å². The number of aliphatic hydroxyl groups excluding tert-OH is 1. The number of benzene rings is 5. The summed E-state index contributed by atoms with van der Waals surface area (Å²) < 4.78 is 12.4. The van der Waals surface area contributed by atoms with Crippen LogP contribution in [0.25, 0.3) is 11.0 Å². The van der Waals surface area contributed by atoms with Gasteiger partial charge in [-0.1, -0.05) is 103 Å². The van der Waals surface area contributed by atoms with Crippen molar-refractivity contribution in [1.29, 1.82) is 0 Å². The summed E-state index contributed by atoms with van der Waals surface area (Å²) in [5.41, 5.74) is 5.11. The van der Waals surface area contributed by atoms with E-state index >= 15 is 14.4 Å². The second kappa shape index (κ2) is 16.5. The van der Waals surface area contributed by atoms with Gasteiger partial charge in [0.1, 0.15) is 35.7 Å². The van der Waals surface area contributed by atoms with Crippen LogP contribution in [0.1, 0.15) is 77.5 Å². The molecule has 6 unspecified atom stereocenters. The van der Waals surface area contributed by atoms with E-state index in [1.807, 2.05) is 115 Å². The first kappa shape index (κ1) is 39.2. The van der Waals surface area contributed by atoms with E-state index in [-0.39, 0.29) is 19.8 Å². The molecule has 310 valence electrons. The topological polar surface area (TPSA) is 146 Å². The number of fused-ring (bicyclic) bond motifs is 4. The van der Waals surface area contributed by atoms with Crippen molar-refractivity contribution in [3.63, 3.8) is 0 Å². The van der Waals surface area contributed by atoms with E-state index in [0.29, 0.717) is 34.0 Å². The molecular formula is C51H45N5O6. The summed E-state index contributed by atoms with van der Waals surface area (Å²) in [5, 5.41) is 15.8. The number of hydrogen-bond acceptors (Lipinski definition) is 8. The normalized spacial score (nSPS) is 24.0. The van der Waals surface area contributed by atoms with Gasteiger partial charge in [0.25, 0.3) is 0 Å². The van der Waals surface area contributed by atoms with E-state index in [9.17, 15) is 5.11 Å². The molecule has 2 saturated heterocycles. The third-order valence-corrected chi connectivity index (χ3v) is 12.7. The molecule has 62 heavy (non-hydrogen) atoms. The van der Waals surface area contributed by atoms with Crippen molar-refractivity contribution in [3.05, 3.63) is 173 Å². The van der Waals surface area contributed by atoms with Gasteiger partial charge in [0, 0.05) is 11.3 Å². The van der Waals surface area contributed by atoms with Crippen molar-refractivity contribution in [2.45, 2.75) is 61.9 Å². The average molecular weight is 824 g/mol. The van der Waals surface area contributed by atoms with Crippen LogP contribution in [0, 0.1) is 17.8 Å². The molecule has 1 aliphatic carbocycles. The summed E-state index contributed by atoms with van der Waals surface area (Å²) in [6.07, 6.45) is 5.53. The van der Waals surface area contributed by atoms with Crippen LogP contribution in [-0.2, 0) is 31.1 Å². The van der Waals surface area contributed by atoms with E-state index in [1.54, 1.807) is 12.1 Å². The van der Waals surface area contributed by atoms with Crippen molar-refractivity contribution in [2.75, 3.05) is 18.5 Å². The van der Waals surface area contributed by atoms with Crippen molar-refractivity contribution in [1.82, 2.24) is 20.2 Å². The molecule has 4 N–H and O–H groups in total. The predicted molar refractivity (Wildman–Crippen MR) is 233 cm³/mol. The number of anilines is 1. The molecule has 5 aromatic carbocycles. The number of aliphatic hydroxyl groups is 1. The van der Waals surface area contributed by atoms with Crippen molar-refractivity contribution < 1.29 is 29.0 Å². The SMILES string of the molecule is O=C1OC(c2ccccc2)C(c2ccccc2)N2C1C(C(=O)NCc1nc3ccccc3[nH]1)C1(C(=O)Nc3ccc(C#CC4=CCCCC4)cc31)C2c1ccc(OCCO)cc1. The van der Waals surface area contributed by atoms with Gasteiger partial charge < -0.3 is 30.2 Å². The van der Waals surface area contributed by atoms with Crippen LogP contribution < -0.4 is 15.4 Å². The van der Waals surface area contributed by atoms with Gasteiger partial charge in [0.05, 0.1) is 42.2 Å². The predicted octanol–water partition coefficient (Wildman–Crippen LogP) is 7.37. The summed E-state index contributed by atoms with van der Waals surface area (Å²) in [6.45, 7) is -0.0339. The lowest BCUT2D eigenvalue weighted by atomic mass is 9.65. The van der Waals surface area contributed by atoms with E-state index in [0.717, 1.165) is 53.4 Å². The number of esters is 1. The quantitative estimate of drug-likeness (QED) is 0.0874. The number of cyclic esters (lactones) is 1.